The summed E-state index contributed by atoms with van der Waals surface area (Å²) >= 11 is 0. The lowest BCUT2D eigenvalue weighted by atomic mass is 10.2. The number of aromatic nitrogens is 1. The van der Waals surface area contributed by atoms with Gasteiger partial charge < -0.3 is 9.52 Å². The Kier molecular flexibility index (Phi) is 3.09. The van der Waals surface area contributed by atoms with Crippen LogP contribution in [-0.2, 0) is 0 Å². The molecule has 18 heavy (non-hydrogen) atoms. The number of hydrogen-bond donors (Lipinski definition) is 2. The van der Waals surface area contributed by atoms with E-state index in [4.69, 9.17) is 9.52 Å². The van der Waals surface area contributed by atoms with Crippen molar-refractivity contribution in [1.29, 1.82) is 0 Å². The second kappa shape index (κ2) is 4.70. The van der Waals surface area contributed by atoms with Crippen LogP contribution in [0.5, 0.6) is 0 Å². The van der Waals surface area contributed by atoms with Crippen molar-refractivity contribution in [2.45, 2.75) is 6.92 Å². The van der Waals surface area contributed by atoms with Crippen LogP contribution in [-0.4, -0.2) is 22.0 Å². The summed E-state index contributed by atoms with van der Waals surface area (Å²) in [5, 5.41) is 11.2. The van der Waals surface area contributed by atoms with Gasteiger partial charge in [-0.2, -0.15) is 0 Å². The molecular formula is C12H10N2O4. The maximum Gasteiger partial charge on any atom is 0.354 e. The van der Waals surface area contributed by atoms with Crippen molar-refractivity contribution in [3.05, 3.63) is 47.5 Å². The van der Waals surface area contributed by atoms with E-state index < -0.39 is 11.9 Å². The van der Waals surface area contributed by atoms with Gasteiger partial charge in [-0.15, -0.1) is 0 Å². The zero-order chi connectivity index (χ0) is 13.1. The quantitative estimate of drug-likeness (QED) is 0.863. The Hall–Kier alpha value is -2.63. The molecule has 2 heterocycles. The van der Waals surface area contributed by atoms with Gasteiger partial charge in [0, 0.05) is 12.3 Å². The first kappa shape index (κ1) is 11.8. The summed E-state index contributed by atoms with van der Waals surface area (Å²) in [5.41, 5.74) is 0.148. The van der Waals surface area contributed by atoms with E-state index in [1.54, 1.807) is 19.1 Å². The molecule has 0 saturated carbocycles. The van der Waals surface area contributed by atoms with Gasteiger partial charge in [0.1, 0.15) is 11.5 Å². The number of nitrogens with one attached hydrogen (secondary N) is 1. The third kappa shape index (κ3) is 2.54. The largest absolute Gasteiger partial charge is 0.477 e. The third-order valence-electron chi connectivity index (χ3n) is 2.22. The van der Waals surface area contributed by atoms with Crippen LogP contribution < -0.4 is 5.32 Å². The SMILES string of the molecule is Cc1ccc(NC(=O)c2ccc(C(=O)O)nc2)o1. The molecule has 6 nitrogen and oxygen atoms in total. The number of amides is 1. The van der Waals surface area contributed by atoms with E-state index in [1.807, 2.05) is 0 Å². The van der Waals surface area contributed by atoms with Gasteiger partial charge in [0.05, 0.1) is 5.56 Å². The number of hydrogen-bond acceptors (Lipinski definition) is 4. The van der Waals surface area contributed by atoms with Crippen LogP contribution in [0.3, 0.4) is 0 Å². The number of rotatable bonds is 3. The van der Waals surface area contributed by atoms with Gasteiger partial charge in [0.15, 0.2) is 5.88 Å². The molecule has 0 fully saturated rings. The van der Waals surface area contributed by atoms with Crippen LogP contribution in [0.1, 0.15) is 26.6 Å². The third-order valence-corrected chi connectivity index (χ3v) is 2.22. The van der Waals surface area contributed by atoms with Crippen LogP contribution in [0.25, 0.3) is 0 Å². The van der Waals surface area contributed by atoms with E-state index in [0.717, 1.165) is 0 Å². The Morgan fingerprint density at radius 2 is 2.06 bits per heavy atom. The van der Waals surface area contributed by atoms with Crippen LogP contribution in [0.4, 0.5) is 5.88 Å². The average Bonchev–Trinajstić information content (AvgIpc) is 2.75. The predicted octanol–water partition coefficient (Wildman–Crippen LogP) is 1.93. The van der Waals surface area contributed by atoms with Crippen LogP contribution in [0.2, 0.25) is 0 Å². The standard InChI is InChI=1S/C12H10N2O4/c1-7-2-5-10(18-7)14-11(15)8-3-4-9(12(16)17)13-6-8/h2-6H,1H3,(H,14,15)(H,16,17). The number of carbonyl (C=O) groups excluding carboxylic acids is 1. The second-order valence-corrected chi connectivity index (χ2v) is 3.60. The molecule has 0 bridgehead atoms. The highest BCUT2D eigenvalue weighted by atomic mass is 16.4. The van der Waals surface area contributed by atoms with Gasteiger partial charge in [0.25, 0.3) is 5.91 Å². The molecule has 0 aliphatic carbocycles. The fourth-order valence-electron chi connectivity index (χ4n) is 1.34. The first-order valence-electron chi connectivity index (χ1n) is 5.13. The minimum absolute atomic E-state index is 0.111. The molecule has 2 aromatic heterocycles. The molecule has 2 rings (SSSR count). The van der Waals surface area contributed by atoms with Crippen molar-refractivity contribution in [3.63, 3.8) is 0 Å². The number of carbonyl (C=O) groups is 2. The molecular weight excluding hydrogens is 236 g/mol. The van der Waals surface area contributed by atoms with Crippen LogP contribution in [0, 0.1) is 6.92 Å². The molecule has 0 unspecified atom stereocenters. The Morgan fingerprint density at radius 1 is 1.28 bits per heavy atom. The summed E-state index contributed by atoms with van der Waals surface area (Å²) < 4.78 is 5.19. The monoisotopic (exact) mass is 246 g/mol. The molecule has 2 aromatic rings. The fraction of sp³-hybridized carbons (Fsp3) is 0.0833. The second-order valence-electron chi connectivity index (χ2n) is 3.60. The maximum atomic E-state index is 11.7. The van der Waals surface area contributed by atoms with Gasteiger partial charge >= 0.3 is 5.97 Å². The molecule has 0 saturated heterocycles. The summed E-state index contributed by atoms with van der Waals surface area (Å²) in [7, 11) is 0. The topological polar surface area (TPSA) is 92.4 Å². The van der Waals surface area contributed by atoms with Gasteiger partial charge in [-0.3, -0.25) is 10.1 Å². The summed E-state index contributed by atoms with van der Waals surface area (Å²) in [6.07, 6.45) is 1.20. The van der Waals surface area contributed by atoms with Crippen molar-refractivity contribution in [2.75, 3.05) is 5.32 Å². The van der Waals surface area contributed by atoms with Gasteiger partial charge in [-0.25, -0.2) is 9.78 Å². The number of furan rings is 1. The molecule has 0 spiro atoms. The Bertz CT molecular complexity index is 586. The highest BCUT2D eigenvalue weighted by Crippen LogP contribution is 2.13. The zero-order valence-electron chi connectivity index (χ0n) is 9.51. The maximum absolute atomic E-state index is 11.7. The highest BCUT2D eigenvalue weighted by molar-refractivity contribution is 6.03. The van der Waals surface area contributed by atoms with E-state index in [0.29, 0.717) is 11.6 Å². The molecule has 0 atom stereocenters. The summed E-state index contributed by atoms with van der Waals surface area (Å²) in [6, 6.07) is 6.01. The minimum Gasteiger partial charge on any atom is -0.477 e. The molecule has 92 valence electrons. The molecule has 0 aromatic carbocycles. The van der Waals surface area contributed by atoms with Crippen molar-refractivity contribution >= 4 is 17.8 Å². The summed E-state index contributed by atoms with van der Waals surface area (Å²) in [4.78, 5) is 26.0. The van der Waals surface area contributed by atoms with Crippen molar-refractivity contribution in [3.8, 4) is 0 Å². The van der Waals surface area contributed by atoms with E-state index >= 15 is 0 Å². The number of carboxylic acids is 1. The zero-order valence-corrected chi connectivity index (χ0v) is 9.51. The fourth-order valence-corrected chi connectivity index (χ4v) is 1.34. The Balaban J connectivity index is 2.11. The van der Waals surface area contributed by atoms with Gasteiger partial charge in [0.2, 0.25) is 0 Å². The molecule has 0 radical (unpaired) electrons. The number of nitrogens with zero attached hydrogens (tertiary/aromatic N) is 1. The molecule has 0 aliphatic heterocycles. The van der Waals surface area contributed by atoms with Crippen LogP contribution >= 0.6 is 0 Å². The minimum atomic E-state index is -1.14. The molecule has 2 N–H and O–H groups in total. The van der Waals surface area contributed by atoms with Gasteiger partial charge in [-0.1, -0.05) is 0 Å². The Morgan fingerprint density at radius 3 is 2.56 bits per heavy atom. The normalized spacial score (nSPS) is 10.1. The van der Waals surface area contributed by atoms with E-state index in [9.17, 15) is 9.59 Å². The lowest BCUT2D eigenvalue weighted by molar-refractivity contribution is 0.0690. The van der Waals surface area contributed by atoms with Crippen molar-refractivity contribution in [2.24, 2.45) is 0 Å². The lowest BCUT2D eigenvalue weighted by Crippen LogP contribution is -2.12. The van der Waals surface area contributed by atoms with E-state index in [-0.39, 0.29) is 11.3 Å². The number of aryl methyl sites for hydroxylation is 1. The number of aromatic carboxylic acids is 1. The first-order chi connectivity index (χ1) is 8.56. The van der Waals surface area contributed by atoms with E-state index in [1.165, 1.54) is 18.3 Å². The predicted molar refractivity (Wildman–Crippen MR) is 62.6 cm³/mol. The number of pyridine rings is 1. The van der Waals surface area contributed by atoms with Gasteiger partial charge in [-0.05, 0) is 25.1 Å². The highest BCUT2D eigenvalue weighted by Gasteiger charge is 2.10. The molecule has 0 aliphatic rings. The Labute approximate surface area is 102 Å². The average molecular weight is 246 g/mol. The molecule has 1 amide bonds. The van der Waals surface area contributed by atoms with Crippen molar-refractivity contribution < 1.29 is 19.1 Å². The molecule has 6 heteroatoms. The van der Waals surface area contributed by atoms with Crippen molar-refractivity contribution in [1.82, 2.24) is 4.98 Å². The summed E-state index contributed by atoms with van der Waals surface area (Å²) in [5.74, 6) is -0.526. The number of anilines is 1. The van der Waals surface area contributed by atoms with E-state index in [2.05, 4.69) is 10.3 Å². The first-order valence-corrected chi connectivity index (χ1v) is 5.13. The smallest absolute Gasteiger partial charge is 0.354 e. The number of carboxylic acid groups (broad SMARTS) is 1. The van der Waals surface area contributed by atoms with Crippen LogP contribution in [0.15, 0.2) is 34.9 Å². The lowest BCUT2D eigenvalue weighted by Gasteiger charge is -2.01. The summed E-state index contributed by atoms with van der Waals surface area (Å²) in [6.45, 7) is 1.76.